The second kappa shape index (κ2) is 125. The zero-order chi connectivity index (χ0) is 58.1. The predicted molar refractivity (Wildman–Crippen MR) is 340 cm³/mol. The number of hydrogen-bond acceptors (Lipinski definition) is 5. The molecule has 70 heavy (non-hydrogen) atoms. The lowest BCUT2D eigenvalue weighted by Gasteiger charge is -2.00. The summed E-state index contributed by atoms with van der Waals surface area (Å²) in [6.45, 7) is 48.0. The second-order valence-corrected chi connectivity index (χ2v) is 9.12. The van der Waals surface area contributed by atoms with Crippen LogP contribution in [0.3, 0.4) is 0 Å². The molecule has 0 saturated carbocycles. The lowest BCUT2D eigenvalue weighted by atomic mass is 10.1. The van der Waals surface area contributed by atoms with Crippen LogP contribution in [0.25, 0.3) is 0 Å². The van der Waals surface area contributed by atoms with Crippen LogP contribution < -0.4 is 28.7 Å². The fourth-order valence-corrected chi connectivity index (χ4v) is 3.76. The van der Waals surface area contributed by atoms with Gasteiger partial charge in [-0.15, -0.1) is 0 Å². The molecule has 0 amide bonds. The van der Waals surface area contributed by atoms with Gasteiger partial charge in [-0.2, -0.15) is 0 Å². The molecule has 0 saturated heterocycles. The zero-order valence-corrected chi connectivity index (χ0v) is 51.6. The third-order valence-electron chi connectivity index (χ3n) is 5.79. The Morgan fingerprint density at radius 3 is 0.371 bits per heavy atom. The first kappa shape index (κ1) is 98.3. The second-order valence-electron chi connectivity index (χ2n) is 9.12. The lowest BCUT2D eigenvalue weighted by Crippen LogP contribution is -1.85. The summed E-state index contributed by atoms with van der Waals surface area (Å²) < 4.78 is 0. The summed E-state index contributed by atoms with van der Waals surface area (Å²) in [4.78, 5) is 0. The van der Waals surface area contributed by atoms with Gasteiger partial charge in [-0.3, -0.25) is 0 Å². The van der Waals surface area contributed by atoms with Crippen LogP contribution in [0.4, 0.5) is 11.4 Å². The maximum atomic E-state index is 5.36. The average Bonchev–Trinajstić information content (AvgIpc) is 3.51. The van der Waals surface area contributed by atoms with Gasteiger partial charge in [0.25, 0.3) is 0 Å². The maximum Gasteiger partial charge on any atom is 0.0313 e. The van der Waals surface area contributed by atoms with Crippen molar-refractivity contribution in [2.24, 2.45) is 17.2 Å². The Morgan fingerprint density at radius 1 is 0.186 bits per heavy atom. The molecule has 0 spiro atoms. The first-order chi connectivity index (χ1) is 34.7. The first-order valence-corrected chi connectivity index (χ1v) is 27.2. The summed E-state index contributed by atoms with van der Waals surface area (Å²) in [5, 5.41) is 0. The molecular formula is C65H125N5. The normalized spacial score (nSPS) is 6.66. The van der Waals surface area contributed by atoms with E-state index in [1.807, 2.05) is 227 Å². The van der Waals surface area contributed by atoms with E-state index in [1.165, 1.54) is 43.4 Å². The van der Waals surface area contributed by atoms with E-state index in [1.54, 1.807) is 0 Å². The van der Waals surface area contributed by atoms with Gasteiger partial charge in [-0.1, -0.05) is 324 Å². The molecule has 0 atom stereocenters. The van der Waals surface area contributed by atoms with E-state index in [4.69, 9.17) is 11.5 Å². The zero-order valence-electron chi connectivity index (χ0n) is 51.6. The molecule has 0 aromatic heterocycles. The highest BCUT2D eigenvalue weighted by molar-refractivity contribution is 5.36. The molecule has 6 aromatic rings. The summed E-state index contributed by atoms with van der Waals surface area (Å²) in [6.07, 6.45) is 2.06. The van der Waals surface area contributed by atoms with Crippen LogP contribution in [0.15, 0.2) is 182 Å². The van der Waals surface area contributed by atoms with Crippen LogP contribution in [0, 0.1) is 0 Å². The van der Waals surface area contributed by atoms with E-state index >= 15 is 0 Å². The van der Waals surface area contributed by atoms with Crippen LogP contribution >= 0.6 is 0 Å². The molecule has 410 valence electrons. The highest BCUT2D eigenvalue weighted by Gasteiger charge is 1.93. The van der Waals surface area contributed by atoms with Gasteiger partial charge < -0.3 is 28.7 Å². The van der Waals surface area contributed by atoms with Gasteiger partial charge in [0.15, 0.2) is 0 Å². The van der Waals surface area contributed by atoms with E-state index < -0.39 is 0 Å². The molecule has 0 radical (unpaired) electrons. The number of nitrogen functional groups attached to an aromatic ring is 2. The average molecular weight is 977 g/mol. The minimum absolute atomic E-state index is 0.822. The SMILES string of the molecule is CC.CC.CC.CC.CC.CC.CC.CC.CC.CC.CC.CC.CN.CN.CN.Nc1ccccc1.Nc1ccccc1.c1ccc(Cc2ccccc2)cc1.c1ccc(Cc2ccccc2)cc1. The van der Waals surface area contributed by atoms with Gasteiger partial charge in [0.1, 0.15) is 0 Å². The third-order valence-corrected chi connectivity index (χ3v) is 5.79. The molecule has 5 heteroatoms. The van der Waals surface area contributed by atoms with Gasteiger partial charge in [-0.25, -0.2) is 0 Å². The summed E-state index contributed by atoms with van der Waals surface area (Å²) in [5.74, 6) is 0. The van der Waals surface area contributed by atoms with Crippen molar-refractivity contribution in [1.82, 2.24) is 0 Å². The highest BCUT2D eigenvalue weighted by atomic mass is 14.5. The van der Waals surface area contributed by atoms with Crippen molar-refractivity contribution in [2.75, 3.05) is 32.6 Å². The van der Waals surface area contributed by atoms with Crippen molar-refractivity contribution >= 4 is 11.4 Å². The molecule has 6 rings (SSSR count). The van der Waals surface area contributed by atoms with Crippen molar-refractivity contribution in [3.63, 3.8) is 0 Å². The van der Waals surface area contributed by atoms with Gasteiger partial charge in [-0.05, 0) is 80.5 Å². The van der Waals surface area contributed by atoms with Crippen molar-refractivity contribution in [3.05, 3.63) is 204 Å². The Hall–Kier alpha value is -5.20. The Labute approximate surface area is 442 Å². The number of nitrogens with two attached hydrogens (primary N) is 5. The van der Waals surface area contributed by atoms with Crippen LogP contribution in [-0.4, -0.2) is 21.1 Å². The smallest absolute Gasteiger partial charge is 0.0313 e. The number of hydrogen-bond donors (Lipinski definition) is 5. The summed E-state index contributed by atoms with van der Waals surface area (Å²) in [6, 6.07) is 61.1. The van der Waals surface area contributed by atoms with Crippen LogP contribution in [0.1, 0.15) is 188 Å². The number of benzene rings is 6. The van der Waals surface area contributed by atoms with Crippen molar-refractivity contribution in [3.8, 4) is 0 Å². The van der Waals surface area contributed by atoms with Crippen LogP contribution in [-0.2, 0) is 12.8 Å². The minimum atomic E-state index is 0.822. The van der Waals surface area contributed by atoms with Crippen molar-refractivity contribution in [2.45, 2.75) is 179 Å². The van der Waals surface area contributed by atoms with E-state index in [-0.39, 0.29) is 0 Å². The summed E-state index contributed by atoms with van der Waals surface area (Å²) in [5.41, 5.74) is 31.3. The van der Waals surface area contributed by atoms with Crippen LogP contribution in [0.5, 0.6) is 0 Å². The van der Waals surface area contributed by atoms with Crippen LogP contribution in [0.2, 0.25) is 0 Å². The predicted octanol–water partition coefficient (Wildman–Crippen LogP) is 20.1. The number of anilines is 2. The number of para-hydroxylation sites is 2. The standard InChI is InChI=1S/2C13H12.2C6H7N.12C2H6.3CH5N/c2*1-3-7-12(8-4-1)11-13-9-5-2-6-10-13;2*7-6-4-2-1-3-5-6;15*1-2/h2*1-10H,11H2;2*1-5H,7H2;12*1-2H3;3*2H2,1H3. The fraction of sp³-hybridized carbons (Fsp3) is 0.446. The van der Waals surface area contributed by atoms with Gasteiger partial charge >= 0.3 is 0 Å². The molecular weight excluding hydrogens is 851 g/mol. The summed E-state index contributed by atoms with van der Waals surface area (Å²) in [7, 11) is 4.50. The van der Waals surface area contributed by atoms with E-state index in [0.717, 1.165) is 24.2 Å². The molecule has 6 aromatic carbocycles. The van der Waals surface area contributed by atoms with E-state index in [9.17, 15) is 0 Å². The minimum Gasteiger partial charge on any atom is -0.399 e. The van der Waals surface area contributed by atoms with E-state index in [0.29, 0.717) is 0 Å². The molecule has 0 aliphatic heterocycles. The first-order valence-electron chi connectivity index (χ1n) is 27.2. The molecule has 10 N–H and O–H groups in total. The largest absolute Gasteiger partial charge is 0.399 e. The maximum absolute atomic E-state index is 5.36. The monoisotopic (exact) mass is 976 g/mol. The van der Waals surface area contributed by atoms with Crippen molar-refractivity contribution < 1.29 is 0 Å². The molecule has 0 aliphatic rings. The third kappa shape index (κ3) is 92.9. The Kier molecular flexibility index (Phi) is 176. The number of rotatable bonds is 4. The Morgan fingerprint density at radius 2 is 0.286 bits per heavy atom. The molecule has 0 unspecified atom stereocenters. The summed E-state index contributed by atoms with van der Waals surface area (Å²) >= 11 is 0. The fourth-order valence-electron chi connectivity index (χ4n) is 3.76. The topological polar surface area (TPSA) is 130 Å². The van der Waals surface area contributed by atoms with Gasteiger partial charge in [0, 0.05) is 11.4 Å². The van der Waals surface area contributed by atoms with Crippen molar-refractivity contribution in [1.29, 1.82) is 0 Å². The Bertz CT molecular complexity index is 1230. The molecule has 5 nitrogen and oxygen atoms in total. The van der Waals surface area contributed by atoms with Gasteiger partial charge in [0.05, 0.1) is 0 Å². The quantitative estimate of drug-likeness (QED) is 0.112. The van der Waals surface area contributed by atoms with Gasteiger partial charge in [0.2, 0.25) is 0 Å². The highest BCUT2D eigenvalue weighted by Crippen LogP contribution is 2.09. The molecule has 0 aliphatic carbocycles. The molecule has 0 bridgehead atoms. The molecule has 0 fully saturated rings. The van der Waals surface area contributed by atoms with E-state index in [2.05, 4.69) is 139 Å². The lowest BCUT2D eigenvalue weighted by molar-refractivity contribution is 1.19. The molecule has 0 heterocycles. The Balaban J connectivity index is -0.0000000484.